The maximum absolute atomic E-state index is 13.9. The standard InChI is InChI=1S/C32H33F3N2O3.CH2O2/c1-39-29-7-3-2-6-23(29)20-37(24-12-13-24)32(38)26-19-36-17-16-25(26)22-10-8-21(9-11-22)5-4-18-40-31-28(34)15-14-27(33)30(31)35;2-1-3/h2-3,6-11,14-16,24,26,36H,4-5,12-13,17-20H2,1H3;1H,(H,2,3). The number of nitrogens with zero attached hydrogens (tertiary/aromatic N) is 1. The maximum atomic E-state index is 13.9. The first-order valence-electron chi connectivity index (χ1n) is 14.1. The summed E-state index contributed by atoms with van der Waals surface area (Å²) >= 11 is 0. The number of hydrogen-bond acceptors (Lipinski definition) is 5. The molecule has 7 nitrogen and oxygen atoms in total. The van der Waals surface area contributed by atoms with Crippen LogP contribution in [0.2, 0.25) is 0 Å². The first-order valence-corrected chi connectivity index (χ1v) is 14.1. The molecular formula is C33H35F3N2O5. The first-order chi connectivity index (χ1) is 20.9. The lowest BCUT2D eigenvalue weighted by molar-refractivity contribution is -0.135. The lowest BCUT2D eigenvalue weighted by Gasteiger charge is -2.31. The van der Waals surface area contributed by atoms with E-state index in [1.54, 1.807) is 7.11 Å². The first kappa shape index (κ1) is 31.6. The number of carboxylic acid groups (broad SMARTS) is 1. The lowest BCUT2D eigenvalue weighted by Crippen LogP contribution is -2.43. The maximum Gasteiger partial charge on any atom is 0.290 e. The van der Waals surface area contributed by atoms with Gasteiger partial charge in [-0.2, -0.15) is 4.39 Å². The van der Waals surface area contributed by atoms with Gasteiger partial charge < -0.3 is 24.8 Å². The smallest absolute Gasteiger partial charge is 0.290 e. The number of aryl methyl sites for hydroxylation is 1. The second kappa shape index (κ2) is 15.2. The number of para-hydroxylation sites is 1. The fourth-order valence-electron chi connectivity index (χ4n) is 5.15. The molecule has 0 aromatic heterocycles. The van der Waals surface area contributed by atoms with Gasteiger partial charge in [0, 0.05) is 31.2 Å². The van der Waals surface area contributed by atoms with Gasteiger partial charge in [0.25, 0.3) is 6.47 Å². The summed E-state index contributed by atoms with van der Waals surface area (Å²) < 4.78 is 51.6. The fourth-order valence-corrected chi connectivity index (χ4v) is 5.15. The summed E-state index contributed by atoms with van der Waals surface area (Å²) in [4.78, 5) is 24.3. The van der Waals surface area contributed by atoms with Crippen molar-refractivity contribution in [3.63, 3.8) is 0 Å². The Morgan fingerprint density at radius 3 is 2.44 bits per heavy atom. The van der Waals surface area contributed by atoms with Crippen LogP contribution in [0.15, 0.2) is 66.7 Å². The van der Waals surface area contributed by atoms with Crippen molar-refractivity contribution in [2.24, 2.45) is 5.92 Å². The second-order valence-electron chi connectivity index (χ2n) is 10.3. The summed E-state index contributed by atoms with van der Waals surface area (Å²) in [5, 5.41) is 10.2. The number of carbonyl (C=O) groups excluding carboxylic acids is 1. The van der Waals surface area contributed by atoms with E-state index in [0.717, 1.165) is 53.0 Å². The molecule has 1 atom stereocenters. The molecule has 10 heteroatoms. The molecule has 3 aromatic rings. The van der Waals surface area contributed by atoms with Gasteiger partial charge in [0.05, 0.1) is 19.6 Å². The SMILES string of the molecule is COc1ccccc1CN(C(=O)C1CNCC=C1c1ccc(CCCOc2c(F)ccc(F)c2F)cc1)C1CC1.O=CO. The van der Waals surface area contributed by atoms with Crippen LogP contribution in [0.3, 0.4) is 0 Å². The van der Waals surface area contributed by atoms with Gasteiger partial charge in [0.1, 0.15) is 5.75 Å². The van der Waals surface area contributed by atoms with E-state index >= 15 is 0 Å². The molecule has 1 fully saturated rings. The van der Waals surface area contributed by atoms with Crippen molar-refractivity contribution >= 4 is 18.0 Å². The molecular weight excluding hydrogens is 561 g/mol. The highest BCUT2D eigenvalue weighted by Gasteiger charge is 2.38. The molecule has 3 aromatic carbocycles. The Morgan fingerprint density at radius 2 is 1.74 bits per heavy atom. The molecule has 1 saturated carbocycles. The summed E-state index contributed by atoms with van der Waals surface area (Å²) in [6, 6.07) is 17.7. The average molecular weight is 597 g/mol. The third-order valence-corrected chi connectivity index (χ3v) is 7.44. The molecule has 1 amide bonds. The zero-order valence-electron chi connectivity index (χ0n) is 23.9. The van der Waals surface area contributed by atoms with Crippen LogP contribution in [-0.2, 0) is 22.6 Å². The number of hydrogen-bond donors (Lipinski definition) is 2. The molecule has 0 radical (unpaired) electrons. The molecule has 0 spiro atoms. The van der Waals surface area contributed by atoms with Crippen molar-refractivity contribution in [2.45, 2.75) is 38.3 Å². The molecule has 43 heavy (non-hydrogen) atoms. The van der Waals surface area contributed by atoms with E-state index in [4.69, 9.17) is 19.4 Å². The topological polar surface area (TPSA) is 88.1 Å². The average Bonchev–Trinajstić information content (AvgIpc) is 3.87. The van der Waals surface area contributed by atoms with Crippen molar-refractivity contribution in [3.05, 3.63) is 101 Å². The second-order valence-corrected chi connectivity index (χ2v) is 10.3. The highest BCUT2D eigenvalue weighted by atomic mass is 19.2. The quantitative estimate of drug-likeness (QED) is 0.170. The number of halogens is 3. The summed E-state index contributed by atoms with van der Waals surface area (Å²) in [6.07, 6.45) is 5.23. The highest BCUT2D eigenvalue weighted by molar-refractivity contribution is 5.93. The minimum Gasteiger partial charge on any atom is -0.496 e. The van der Waals surface area contributed by atoms with E-state index in [-0.39, 0.29) is 30.9 Å². The van der Waals surface area contributed by atoms with Gasteiger partial charge in [-0.25, -0.2) is 8.78 Å². The molecule has 0 bridgehead atoms. The molecule has 1 heterocycles. The van der Waals surface area contributed by atoms with Crippen molar-refractivity contribution in [3.8, 4) is 11.5 Å². The third kappa shape index (κ3) is 8.16. The van der Waals surface area contributed by atoms with Crippen molar-refractivity contribution < 1.29 is 37.3 Å². The van der Waals surface area contributed by atoms with E-state index in [9.17, 15) is 18.0 Å². The zero-order chi connectivity index (χ0) is 30.8. The molecule has 0 saturated heterocycles. The van der Waals surface area contributed by atoms with Crippen LogP contribution in [0.1, 0.15) is 36.0 Å². The van der Waals surface area contributed by atoms with Gasteiger partial charge in [-0.15, -0.1) is 0 Å². The molecule has 1 aliphatic heterocycles. The lowest BCUT2D eigenvalue weighted by atomic mass is 9.88. The van der Waals surface area contributed by atoms with Crippen molar-refractivity contribution in [1.82, 2.24) is 10.2 Å². The largest absolute Gasteiger partial charge is 0.496 e. The highest BCUT2D eigenvalue weighted by Crippen LogP contribution is 2.35. The normalized spacial score (nSPS) is 15.9. The van der Waals surface area contributed by atoms with Crippen LogP contribution >= 0.6 is 0 Å². The molecule has 2 aliphatic rings. The van der Waals surface area contributed by atoms with Gasteiger partial charge in [-0.05, 0) is 60.6 Å². The molecule has 5 rings (SSSR count). The minimum absolute atomic E-state index is 0.0512. The van der Waals surface area contributed by atoms with Gasteiger partial charge in [-0.1, -0.05) is 48.5 Å². The number of benzene rings is 3. The van der Waals surface area contributed by atoms with Gasteiger partial charge in [0.15, 0.2) is 17.4 Å². The van der Waals surface area contributed by atoms with Crippen molar-refractivity contribution in [1.29, 1.82) is 0 Å². The number of carbonyl (C=O) groups is 2. The number of amides is 1. The summed E-state index contributed by atoms with van der Waals surface area (Å²) in [5.74, 6) is -3.46. The molecule has 1 aliphatic carbocycles. The van der Waals surface area contributed by atoms with Gasteiger partial charge >= 0.3 is 0 Å². The fraction of sp³-hybridized carbons (Fsp3) is 0.333. The van der Waals surface area contributed by atoms with Gasteiger partial charge in [-0.3, -0.25) is 9.59 Å². The Hall–Kier alpha value is -4.31. The number of ether oxygens (including phenoxy) is 2. The number of nitrogens with one attached hydrogen (secondary N) is 1. The van der Waals surface area contributed by atoms with E-state index in [1.165, 1.54) is 0 Å². The van der Waals surface area contributed by atoms with E-state index < -0.39 is 23.2 Å². The van der Waals surface area contributed by atoms with Crippen LogP contribution in [-0.4, -0.2) is 55.2 Å². The summed E-state index contributed by atoms with van der Waals surface area (Å²) in [5.41, 5.74) is 4.04. The van der Waals surface area contributed by atoms with Crippen LogP contribution in [0.4, 0.5) is 13.2 Å². The Bertz CT molecular complexity index is 1430. The summed E-state index contributed by atoms with van der Waals surface area (Å²) in [7, 11) is 1.65. The van der Waals surface area contributed by atoms with Crippen molar-refractivity contribution in [2.75, 3.05) is 26.8 Å². The molecule has 228 valence electrons. The minimum atomic E-state index is -1.31. The molecule has 1 unspecified atom stereocenters. The Balaban J connectivity index is 0.00000135. The monoisotopic (exact) mass is 596 g/mol. The number of rotatable bonds is 11. The van der Waals surface area contributed by atoms with Crippen LogP contribution in [0.25, 0.3) is 5.57 Å². The Kier molecular flexibility index (Phi) is 11.2. The van der Waals surface area contributed by atoms with Gasteiger partial charge in [0.2, 0.25) is 11.7 Å². The predicted molar refractivity (Wildman–Crippen MR) is 156 cm³/mol. The third-order valence-electron chi connectivity index (χ3n) is 7.44. The van der Waals surface area contributed by atoms with E-state index in [1.807, 2.05) is 53.4 Å². The van der Waals surface area contributed by atoms with E-state index in [2.05, 4.69) is 11.4 Å². The predicted octanol–water partition coefficient (Wildman–Crippen LogP) is 5.62. The molecule has 2 N–H and O–H groups in total. The Labute approximate surface area is 248 Å². The van der Waals surface area contributed by atoms with Crippen LogP contribution < -0.4 is 14.8 Å². The van der Waals surface area contributed by atoms with Crippen LogP contribution in [0, 0.1) is 23.4 Å². The van der Waals surface area contributed by atoms with Crippen LogP contribution in [0.5, 0.6) is 11.5 Å². The number of methoxy groups -OCH3 is 1. The summed E-state index contributed by atoms with van der Waals surface area (Å²) in [6.45, 7) is 1.59. The van der Waals surface area contributed by atoms with E-state index in [0.29, 0.717) is 32.5 Å². The zero-order valence-corrected chi connectivity index (χ0v) is 23.9. The Morgan fingerprint density at radius 1 is 1.05 bits per heavy atom.